The minimum atomic E-state index is 0.576. The summed E-state index contributed by atoms with van der Waals surface area (Å²) < 4.78 is 5.61. The molecule has 4 aromatic carbocycles. The van der Waals surface area contributed by atoms with Crippen LogP contribution >= 0.6 is 0 Å². The Bertz CT molecular complexity index is 1490. The summed E-state index contributed by atoms with van der Waals surface area (Å²) in [6.07, 6.45) is 2.04. The molecule has 0 aliphatic carbocycles. The number of H-pyrrole nitrogens is 1. The van der Waals surface area contributed by atoms with Crippen molar-refractivity contribution < 1.29 is 4.74 Å². The highest BCUT2D eigenvalue weighted by Gasteiger charge is 2.20. The van der Waals surface area contributed by atoms with Crippen molar-refractivity contribution in [3.05, 3.63) is 107 Å². The molecule has 0 spiro atoms. The van der Waals surface area contributed by atoms with E-state index in [-0.39, 0.29) is 0 Å². The minimum Gasteiger partial charge on any atom is -0.380 e. The van der Waals surface area contributed by atoms with Crippen molar-refractivity contribution in [1.82, 2.24) is 4.98 Å². The molecule has 0 bridgehead atoms. The molecular weight excluding hydrogens is 426 g/mol. The van der Waals surface area contributed by atoms with Gasteiger partial charge in [0.1, 0.15) is 0 Å². The third-order valence-corrected chi connectivity index (χ3v) is 6.92. The molecule has 2 heteroatoms. The van der Waals surface area contributed by atoms with Gasteiger partial charge in [0, 0.05) is 29.1 Å². The molecule has 35 heavy (non-hydrogen) atoms. The molecule has 0 saturated heterocycles. The lowest BCUT2D eigenvalue weighted by atomic mass is 9.90. The van der Waals surface area contributed by atoms with E-state index in [0.29, 0.717) is 6.61 Å². The Hall–Kier alpha value is -3.62. The number of methoxy groups -OCH3 is 1. The Balaban J connectivity index is 1.87. The molecule has 1 aromatic heterocycles. The molecule has 0 atom stereocenters. The summed E-state index contributed by atoms with van der Waals surface area (Å²) in [5.41, 5.74) is 13.7. The topological polar surface area (TPSA) is 25.0 Å². The van der Waals surface area contributed by atoms with Crippen LogP contribution in [-0.4, -0.2) is 12.1 Å². The third kappa shape index (κ3) is 4.42. The Morgan fingerprint density at radius 1 is 0.714 bits per heavy atom. The highest BCUT2D eigenvalue weighted by Crippen LogP contribution is 2.44. The first-order valence-electron chi connectivity index (χ1n) is 12.5. The van der Waals surface area contributed by atoms with Crippen LogP contribution in [0.25, 0.3) is 44.4 Å². The molecule has 0 saturated carbocycles. The first-order chi connectivity index (χ1) is 17.1. The molecule has 0 amide bonds. The Labute approximate surface area is 208 Å². The average molecular weight is 460 g/mol. The number of nitrogens with one attached hydrogen (secondary N) is 1. The fraction of sp³-hybridized carbons (Fsp3) is 0.212. The number of ether oxygens (including phenoxy) is 1. The van der Waals surface area contributed by atoms with Gasteiger partial charge in [0.05, 0.1) is 12.3 Å². The van der Waals surface area contributed by atoms with Gasteiger partial charge in [-0.15, -0.1) is 0 Å². The third-order valence-electron chi connectivity index (χ3n) is 6.92. The summed E-state index contributed by atoms with van der Waals surface area (Å²) >= 11 is 0. The van der Waals surface area contributed by atoms with Gasteiger partial charge in [0.15, 0.2) is 0 Å². The molecule has 0 aliphatic heterocycles. The largest absolute Gasteiger partial charge is 0.380 e. The van der Waals surface area contributed by atoms with E-state index in [1.165, 1.54) is 55.5 Å². The highest BCUT2D eigenvalue weighted by molar-refractivity contribution is 6.11. The molecule has 0 fully saturated rings. The second-order valence-corrected chi connectivity index (χ2v) is 9.30. The summed E-state index contributed by atoms with van der Waals surface area (Å²) in [6, 6.07) is 31.2. The molecule has 1 N–H and O–H groups in total. The van der Waals surface area contributed by atoms with Gasteiger partial charge in [-0.05, 0) is 59.2 Å². The van der Waals surface area contributed by atoms with Gasteiger partial charge in [0.2, 0.25) is 0 Å². The smallest absolute Gasteiger partial charge is 0.0719 e. The van der Waals surface area contributed by atoms with Gasteiger partial charge >= 0.3 is 0 Å². The van der Waals surface area contributed by atoms with E-state index in [9.17, 15) is 0 Å². The van der Waals surface area contributed by atoms with Crippen molar-refractivity contribution >= 4 is 10.9 Å². The predicted molar refractivity (Wildman–Crippen MR) is 149 cm³/mol. The first kappa shape index (κ1) is 23.1. The van der Waals surface area contributed by atoms with Crippen LogP contribution in [0.15, 0.2) is 84.9 Å². The molecule has 0 aliphatic rings. The number of aromatic amines is 1. The normalized spacial score (nSPS) is 11.3. The average Bonchev–Trinajstić information content (AvgIpc) is 3.28. The van der Waals surface area contributed by atoms with Crippen LogP contribution < -0.4 is 0 Å². The fourth-order valence-corrected chi connectivity index (χ4v) is 5.13. The van der Waals surface area contributed by atoms with Crippen molar-refractivity contribution in [2.75, 3.05) is 7.11 Å². The van der Waals surface area contributed by atoms with E-state index < -0.39 is 0 Å². The number of aromatic nitrogens is 1. The second-order valence-electron chi connectivity index (χ2n) is 9.30. The molecule has 0 unspecified atom stereocenters. The van der Waals surface area contributed by atoms with Crippen LogP contribution in [0, 0.1) is 6.92 Å². The number of benzene rings is 4. The van der Waals surface area contributed by atoms with E-state index >= 15 is 0 Å². The number of aryl methyl sites for hydroxylation is 3. The van der Waals surface area contributed by atoms with Crippen LogP contribution in [0.3, 0.4) is 0 Å². The summed E-state index contributed by atoms with van der Waals surface area (Å²) in [6.45, 7) is 7.14. The molecule has 1 heterocycles. The number of hydrogen-bond donors (Lipinski definition) is 1. The van der Waals surface area contributed by atoms with Crippen LogP contribution in [0.4, 0.5) is 0 Å². The molecule has 5 rings (SSSR count). The standard InChI is InChI=1S/C33H33NO/c1-5-23-10-7-12-25(19-23)28-14-9-15-30-32(28)31(26-13-8-11-24(6-2)20-26)33(34-30)29-17-16-22(3)18-27(29)21-35-4/h7-20,34H,5-6,21H2,1-4H3. The molecule has 0 radical (unpaired) electrons. The Morgan fingerprint density at radius 2 is 1.40 bits per heavy atom. The summed E-state index contributed by atoms with van der Waals surface area (Å²) in [4.78, 5) is 3.82. The highest BCUT2D eigenvalue weighted by atomic mass is 16.5. The van der Waals surface area contributed by atoms with Crippen molar-refractivity contribution in [2.24, 2.45) is 0 Å². The molecule has 176 valence electrons. The van der Waals surface area contributed by atoms with Gasteiger partial charge in [-0.25, -0.2) is 0 Å². The van der Waals surface area contributed by atoms with Gasteiger partial charge in [0.25, 0.3) is 0 Å². The van der Waals surface area contributed by atoms with Gasteiger partial charge < -0.3 is 9.72 Å². The SMILES string of the molecule is CCc1cccc(-c2cccc3[nH]c(-c4ccc(C)cc4COC)c(-c4cccc(CC)c4)c23)c1. The van der Waals surface area contributed by atoms with E-state index in [4.69, 9.17) is 4.74 Å². The van der Waals surface area contributed by atoms with Gasteiger partial charge in [-0.1, -0.05) is 98.3 Å². The van der Waals surface area contributed by atoms with Crippen LogP contribution in [-0.2, 0) is 24.2 Å². The number of rotatable bonds is 7. The molecule has 2 nitrogen and oxygen atoms in total. The Morgan fingerprint density at radius 3 is 2.11 bits per heavy atom. The lowest BCUT2D eigenvalue weighted by molar-refractivity contribution is 0.185. The van der Waals surface area contributed by atoms with E-state index in [1.54, 1.807) is 7.11 Å². The Kier molecular flexibility index (Phi) is 6.57. The maximum atomic E-state index is 5.61. The molecule has 5 aromatic rings. The van der Waals surface area contributed by atoms with Gasteiger partial charge in [-0.2, -0.15) is 0 Å². The fourth-order valence-electron chi connectivity index (χ4n) is 5.13. The monoisotopic (exact) mass is 459 g/mol. The zero-order chi connectivity index (χ0) is 24.4. The van der Waals surface area contributed by atoms with Crippen LogP contribution in [0.5, 0.6) is 0 Å². The minimum absolute atomic E-state index is 0.576. The van der Waals surface area contributed by atoms with E-state index in [2.05, 4.69) is 111 Å². The number of fused-ring (bicyclic) bond motifs is 1. The van der Waals surface area contributed by atoms with Crippen molar-refractivity contribution in [2.45, 2.75) is 40.2 Å². The van der Waals surface area contributed by atoms with Crippen molar-refractivity contribution in [3.8, 4) is 33.5 Å². The van der Waals surface area contributed by atoms with Crippen LogP contribution in [0.1, 0.15) is 36.1 Å². The lowest BCUT2D eigenvalue weighted by Gasteiger charge is -2.14. The zero-order valence-corrected chi connectivity index (χ0v) is 21.1. The second kappa shape index (κ2) is 9.93. The number of hydrogen-bond acceptors (Lipinski definition) is 1. The van der Waals surface area contributed by atoms with Crippen molar-refractivity contribution in [3.63, 3.8) is 0 Å². The van der Waals surface area contributed by atoms with E-state index in [0.717, 1.165) is 24.1 Å². The quantitative estimate of drug-likeness (QED) is 0.258. The predicted octanol–water partition coefficient (Wildman–Crippen LogP) is 8.75. The molecular formula is C33H33NO. The maximum Gasteiger partial charge on any atom is 0.0719 e. The lowest BCUT2D eigenvalue weighted by Crippen LogP contribution is -1.95. The first-order valence-corrected chi connectivity index (χ1v) is 12.5. The van der Waals surface area contributed by atoms with Gasteiger partial charge in [-0.3, -0.25) is 0 Å². The summed E-state index contributed by atoms with van der Waals surface area (Å²) in [5, 5.41) is 1.27. The zero-order valence-electron chi connectivity index (χ0n) is 21.1. The summed E-state index contributed by atoms with van der Waals surface area (Å²) in [7, 11) is 1.77. The van der Waals surface area contributed by atoms with Crippen molar-refractivity contribution in [1.29, 1.82) is 0 Å². The van der Waals surface area contributed by atoms with E-state index in [1.807, 2.05) is 0 Å². The maximum absolute atomic E-state index is 5.61. The van der Waals surface area contributed by atoms with Crippen LogP contribution in [0.2, 0.25) is 0 Å². The summed E-state index contributed by atoms with van der Waals surface area (Å²) in [5.74, 6) is 0.